The van der Waals surface area contributed by atoms with Crippen LogP contribution >= 0.6 is 0 Å². The summed E-state index contributed by atoms with van der Waals surface area (Å²) in [7, 11) is 0. The van der Waals surface area contributed by atoms with E-state index in [-0.39, 0.29) is 5.97 Å². The van der Waals surface area contributed by atoms with Crippen LogP contribution in [0.1, 0.15) is 40.5 Å². The Labute approximate surface area is 103 Å². The van der Waals surface area contributed by atoms with Crippen LogP contribution in [-0.2, 0) is 14.3 Å². The van der Waals surface area contributed by atoms with Crippen LogP contribution in [0.15, 0.2) is 35.6 Å². The van der Waals surface area contributed by atoms with Crippen LogP contribution in [-0.4, -0.2) is 11.8 Å². The van der Waals surface area contributed by atoms with Crippen LogP contribution in [0.2, 0.25) is 0 Å². The maximum Gasteiger partial charge on any atom is 0.337 e. The van der Waals surface area contributed by atoms with Crippen LogP contribution in [0.25, 0.3) is 0 Å². The first kappa shape index (κ1) is 13.6. The van der Waals surface area contributed by atoms with Crippen molar-refractivity contribution < 1.29 is 14.3 Å². The highest BCUT2D eigenvalue weighted by atomic mass is 16.7. The number of hydrogen-bond donors (Lipinski definition) is 0. The van der Waals surface area contributed by atoms with Crippen molar-refractivity contribution in [3.05, 3.63) is 35.6 Å². The Morgan fingerprint density at radius 2 is 2.12 bits per heavy atom. The van der Waals surface area contributed by atoms with E-state index in [0.29, 0.717) is 5.76 Å². The van der Waals surface area contributed by atoms with Crippen molar-refractivity contribution in [2.24, 2.45) is 0 Å². The number of carbonyl (C=O) groups excluding carboxylic acids is 1. The van der Waals surface area contributed by atoms with Gasteiger partial charge in [-0.15, -0.1) is 0 Å². The van der Waals surface area contributed by atoms with E-state index in [2.05, 4.69) is 13.0 Å². The lowest BCUT2D eigenvalue weighted by molar-refractivity contribution is -0.203. The lowest BCUT2D eigenvalue weighted by atomic mass is 10.2. The van der Waals surface area contributed by atoms with Crippen LogP contribution in [0.4, 0.5) is 0 Å². The minimum Gasteiger partial charge on any atom is -0.452 e. The van der Waals surface area contributed by atoms with Gasteiger partial charge in [0.25, 0.3) is 0 Å². The smallest absolute Gasteiger partial charge is 0.337 e. The first-order chi connectivity index (χ1) is 7.94. The molecular weight excluding hydrogens is 216 g/mol. The van der Waals surface area contributed by atoms with Gasteiger partial charge < -0.3 is 9.47 Å². The van der Waals surface area contributed by atoms with Crippen molar-refractivity contribution in [1.29, 1.82) is 0 Å². The number of ether oxygens (including phenoxy) is 2. The lowest BCUT2D eigenvalue weighted by Gasteiger charge is -2.30. The largest absolute Gasteiger partial charge is 0.452 e. The van der Waals surface area contributed by atoms with E-state index in [9.17, 15) is 4.79 Å². The molecule has 0 N–H and O–H groups in total. The second-order valence-corrected chi connectivity index (χ2v) is 4.50. The maximum atomic E-state index is 11.3. The van der Waals surface area contributed by atoms with Gasteiger partial charge in [0.2, 0.25) is 5.79 Å². The Morgan fingerprint density at radius 3 is 2.71 bits per heavy atom. The first-order valence-corrected chi connectivity index (χ1v) is 5.92. The molecule has 0 spiro atoms. The quantitative estimate of drug-likeness (QED) is 0.553. The Hall–Kier alpha value is -1.51. The molecule has 0 aromatic rings. The highest BCUT2D eigenvalue weighted by Gasteiger charge is 2.30. The Bertz CT molecular complexity index is 373. The highest BCUT2D eigenvalue weighted by Crippen LogP contribution is 2.26. The summed E-state index contributed by atoms with van der Waals surface area (Å²) in [5.41, 5.74) is 0.919. The van der Waals surface area contributed by atoms with Gasteiger partial charge in [-0.1, -0.05) is 31.6 Å². The van der Waals surface area contributed by atoms with E-state index in [0.717, 1.165) is 18.4 Å². The molecule has 0 amide bonds. The van der Waals surface area contributed by atoms with Crippen molar-refractivity contribution in [3.8, 4) is 0 Å². The number of esters is 1. The normalized spacial score (nSPS) is 19.9. The van der Waals surface area contributed by atoms with Crippen molar-refractivity contribution >= 4 is 5.97 Å². The summed E-state index contributed by atoms with van der Waals surface area (Å²) in [6, 6.07) is 0. The zero-order valence-corrected chi connectivity index (χ0v) is 10.9. The third kappa shape index (κ3) is 4.47. The van der Waals surface area contributed by atoms with Gasteiger partial charge in [0.1, 0.15) is 5.76 Å². The van der Waals surface area contributed by atoms with Gasteiger partial charge >= 0.3 is 5.97 Å². The van der Waals surface area contributed by atoms with Crippen molar-refractivity contribution in [2.75, 3.05) is 0 Å². The molecule has 17 heavy (non-hydrogen) atoms. The fraction of sp³-hybridized carbons (Fsp3) is 0.500. The van der Waals surface area contributed by atoms with Gasteiger partial charge in [-0.25, -0.2) is 4.79 Å². The summed E-state index contributed by atoms with van der Waals surface area (Å²) in [6.45, 7) is 7.49. The molecule has 94 valence electrons. The molecule has 1 aliphatic heterocycles. The molecule has 0 radical (unpaired) electrons. The monoisotopic (exact) mass is 236 g/mol. The van der Waals surface area contributed by atoms with Gasteiger partial charge in [-0.2, -0.15) is 0 Å². The van der Waals surface area contributed by atoms with Crippen LogP contribution < -0.4 is 0 Å². The van der Waals surface area contributed by atoms with E-state index in [1.165, 1.54) is 6.08 Å². The van der Waals surface area contributed by atoms with E-state index in [1.54, 1.807) is 13.8 Å². The molecule has 0 atom stereocenters. The summed E-state index contributed by atoms with van der Waals surface area (Å²) >= 11 is 0. The molecule has 0 saturated carbocycles. The van der Waals surface area contributed by atoms with Gasteiger partial charge in [-0.3, -0.25) is 0 Å². The molecule has 0 unspecified atom stereocenters. The maximum absolute atomic E-state index is 11.3. The molecule has 0 bridgehead atoms. The molecule has 1 heterocycles. The van der Waals surface area contributed by atoms with E-state index in [1.807, 2.05) is 19.1 Å². The predicted molar refractivity (Wildman–Crippen MR) is 67.1 cm³/mol. The zero-order valence-electron chi connectivity index (χ0n) is 10.9. The highest BCUT2D eigenvalue weighted by molar-refractivity contribution is 5.84. The van der Waals surface area contributed by atoms with E-state index in [4.69, 9.17) is 9.47 Å². The molecule has 1 aliphatic rings. The average Bonchev–Trinajstić information content (AvgIpc) is 2.21. The van der Waals surface area contributed by atoms with Gasteiger partial charge in [0.05, 0.1) is 6.08 Å². The average molecular weight is 236 g/mol. The summed E-state index contributed by atoms with van der Waals surface area (Å²) in [4.78, 5) is 11.3. The molecule has 0 saturated heterocycles. The minimum absolute atomic E-state index is 0.360. The fourth-order valence-electron chi connectivity index (χ4n) is 1.45. The molecule has 0 aromatic carbocycles. The molecule has 0 fully saturated rings. The first-order valence-electron chi connectivity index (χ1n) is 5.92. The van der Waals surface area contributed by atoms with Crippen molar-refractivity contribution in [2.45, 2.75) is 46.3 Å². The summed E-state index contributed by atoms with van der Waals surface area (Å²) < 4.78 is 10.6. The van der Waals surface area contributed by atoms with Crippen LogP contribution in [0.5, 0.6) is 0 Å². The predicted octanol–water partition coefficient (Wildman–Crippen LogP) is 3.48. The van der Waals surface area contributed by atoms with Crippen molar-refractivity contribution in [3.63, 3.8) is 0 Å². The van der Waals surface area contributed by atoms with E-state index < -0.39 is 5.79 Å². The fourth-order valence-corrected chi connectivity index (χ4v) is 1.45. The molecule has 3 nitrogen and oxygen atoms in total. The Morgan fingerprint density at radius 1 is 1.41 bits per heavy atom. The summed E-state index contributed by atoms with van der Waals surface area (Å²) in [5.74, 6) is -0.669. The van der Waals surface area contributed by atoms with E-state index >= 15 is 0 Å². The standard InChI is InChI=1S/C14H20O3/c1-5-6-7-8-9-11(2)12-10-13(15)17-14(3,4)16-12/h7-10H,5-6H2,1-4H3/b8-7+,11-9+. The Balaban J connectivity index is 2.75. The number of carbonyl (C=O) groups is 1. The topological polar surface area (TPSA) is 35.5 Å². The number of rotatable bonds is 4. The van der Waals surface area contributed by atoms with Gasteiger partial charge in [0, 0.05) is 13.8 Å². The SMILES string of the molecule is CCC/C=C/C=C(\C)C1=CC(=O)OC(C)(C)O1. The second kappa shape index (κ2) is 5.71. The molecule has 1 rings (SSSR count). The molecule has 0 aromatic heterocycles. The number of unbranched alkanes of at least 4 members (excludes halogenated alkanes) is 1. The third-order valence-corrected chi connectivity index (χ3v) is 2.28. The molecule has 0 aliphatic carbocycles. The molecular formula is C14H20O3. The third-order valence-electron chi connectivity index (χ3n) is 2.28. The van der Waals surface area contributed by atoms with Crippen molar-refractivity contribution in [1.82, 2.24) is 0 Å². The van der Waals surface area contributed by atoms with Crippen LogP contribution in [0, 0.1) is 0 Å². The Kier molecular flexibility index (Phi) is 4.55. The zero-order chi connectivity index (χ0) is 12.9. The number of hydrogen-bond acceptors (Lipinski definition) is 3. The molecule has 3 heteroatoms. The summed E-state index contributed by atoms with van der Waals surface area (Å²) in [6.07, 6.45) is 9.58. The summed E-state index contributed by atoms with van der Waals surface area (Å²) in [5, 5.41) is 0. The number of allylic oxidation sites excluding steroid dienone is 4. The van der Waals surface area contributed by atoms with Crippen LogP contribution in [0.3, 0.4) is 0 Å². The lowest BCUT2D eigenvalue weighted by Crippen LogP contribution is -2.34. The minimum atomic E-state index is -0.886. The van der Waals surface area contributed by atoms with Gasteiger partial charge in [-0.05, 0) is 18.9 Å². The van der Waals surface area contributed by atoms with Gasteiger partial charge in [0.15, 0.2) is 0 Å². The second-order valence-electron chi connectivity index (χ2n) is 4.50. The number of cyclic esters (lactones) is 1.